The molecule has 1 nitrogen and oxygen atoms in total. The second-order valence-electron chi connectivity index (χ2n) is 8.35. The molecular formula is C30H34NP2+. The zero-order chi connectivity index (χ0) is 22.6. The first kappa shape index (κ1) is 23.8. The van der Waals surface area contributed by atoms with Gasteiger partial charge in [-0.3, -0.25) is 0 Å². The maximum atomic E-state index is 2.56. The smallest absolute Gasteiger partial charge is 0.0798 e. The third kappa shape index (κ3) is 7.90. The van der Waals surface area contributed by atoms with Gasteiger partial charge >= 0.3 is 0 Å². The Bertz CT molecular complexity index is 953. The molecule has 0 fully saturated rings. The molecule has 168 valence electrons. The van der Waals surface area contributed by atoms with E-state index in [-0.39, 0.29) is 15.8 Å². The van der Waals surface area contributed by atoms with E-state index >= 15 is 0 Å². The molecule has 2 atom stereocenters. The van der Waals surface area contributed by atoms with Crippen LogP contribution in [0, 0.1) is 0 Å². The van der Waals surface area contributed by atoms with Gasteiger partial charge in [0.2, 0.25) is 0 Å². The fourth-order valence-corrected chi connectivity index (χ4v) is 8.80. The van der Waals surface area contributed by atoms with Crippen LogP contribution in [-0.4, -0.2) is 25.4 Å². The molecule has 0 radical (unpaired) electrons. The second kappa shape index (κ2) is 13.4. The Morgan fingerprint density at radius 2 is 0.758 bits per heavy atom. The highest BCUT2D eigenvalue weighted by Gasteiger charge is 2.15. The van der Waals surface area contributed by atoms with Crippen molar-refractivity contribution in [3.8, 4) is 0 Å². The van der Waals surface area contributed by atoms with Crippen LogP contribution in [0.25, 0.3) is 0 Å². The summed E-state index contributed by atoms with van der Waals surface area (Å²) < 4.78 is 0. The molecule has 0 aromatic heterocycles. The topological polar surface area (TPSA) is 16.6 Å². The lowest BCUT2D eigenvalue weighted by Crippen LogP contribution is -2.85. The van der Waals surface area contributed by atoms with Crippen LogP contribution in [0.1, 0.15) is 11.1 Å². The quantitative estimate of drug-likeness (QED) is 0.206. The molecule has 0 saturated carbocycles. The first-order chi connectivity index (χ1) is 16.4. The summed E-state index contributed by atoms with van der Waals surface area (Å²) in [5.74, 6) is 0. The molecule has 3 heteroatoms. The molecule has 2 N–H and O–H groups in total. The third-order valence-corrected chi connectivity index (χ3v) is 11.0. The molecule has 0 bridgehead atoms. The average molecular weight is 471 g/mol. The van der Waals surface area contributed by atoms with Gasteiger partial charge in [-0.15, -0.1) is 0 Å². The van der Waals surface area contributed by atoms with Crippen LogP contribution in [0.4, 0.5) is 0 Å². The predicted molar refractivity (Wildman–Crippen MR) is 148 cm³/mol. The second-order valence-corrected chi connectivity index (χ2v) is 13.1. The third-order valence-electron chi connectivity index (χ3n) is 5.88. The van der Waals surface area contributed by atoms with E-state index < -0.39 is 0 Å². The SMILES string of the molecule is c1ccc(CP(CC[NH2+]CCP(Cc2ccccc2)c2ccccc2)c2ccccc2)cc1. The van der Waals surface area contributed by atoms with E-state index in [0.717, 1.165) is 0 Å². The normalized spacial score (nSPS) is 12.8. The minimum atomic E-state index is -0.174. The monoisotopic (exact) mass is 470 g/mol. The molecule has 0 spiro atoms. The molecule has 0 saturated heterocycles. The van der Waals surface area contributed by atoms with Gasteiger partial charge in [-0.2, -0.15) is 0 Å². The van der Waals surface area contributed by atoms with Crippen molar-refractivity contribution in [2.45, 2.75) is 12.3 Å². The van der Waals surface area contributed by atoms with E-state index in [4.69, 9.17) is 0 Å². The summed E-state index contributed by atoms with van der Waals surface area (Å²) in [4.78, 5) is 0. The number of benzene rings is 4. The lowest BCUT2D eigenvalue weighted by atomic mass is 10.2. The molecule has 2 unspecified atom stereocenters. The molecule has 0 amide bonds. The van der Waals surface area contributed by atoms with E-state index in [0.29, 0.717) is 0 Å². The zero-order valence-electron chi connectivity index (χ0n) is 19.3. The Kier molecular flexibility index (Phi) is 9.69. The standard InChI is InChI=1S/C30H33NP2/c1-5-13-27(14-6-1)25-32(29-17-9-3-10-18-29)23-21-31-22-24-33(30-19-11-4-12-20-30)26-28-15-7-2-8-16-28/h1-20,31H,21-26H2/p+1. The Labute approximate surface area is 201 Å². The molecule has 33 heavy (non-hydrogen) atoms. The van der Waals surface area contributed by atoms with Gasteiger partial charge in [0.25, 0.3) is 0 Å². The van der Waals surface area contributed by atoms with Crippen molar-refractivity contribution in [2.24, 2.45) is 0 Å². The molecule has 0 aliphatic heterocycles. The van der Waals surface area contributed by atoms with Crippen LogP contribution in [0.2, 0.25) is 0 Å². The largest absolute Gasteiger partial charge is 0.346 e. The van der Waals surface area contributed by atoms with E-state index in [9.17, 15) is 0 Å². The minimum absolute atomic E-state index is 0.174. The zero-order valence-corrected chi connectivity index (χ0v) is 21.1. The summed E-state index contributed by atoms with van der Waals surface area (Å²) >= 11 is 0. The Morgan fingerprint density at radius 3 is 1.12 bits per heavy atom. The minimum Gasteiger partial charge on any atom is -0.346 e. The van der Waals surface area contributed by atoms with Crippen LogP contribution in [-0.2, 0) is 12.3 Å². The summed E-state index contributed by atoms with van der Waals surface area (Å²) in [5.41, 5.74) is 2.92. The molecule has 4 aromatic carbocycles. The van der Waals surface area contributed by atoms with Crippen molar-refractivity contribution in [1.82, 2.24) is 0 Å². The van der Waals surface area contributed by atoms with E-state index in [1.165, 1.54) is 59.5 Å². The molecule has 4 rings (SSSR count). The van der Waals surface area contributed by atoms with Crippen LogP contribution in [0.15, 0.2) is 121 Å². The molecule has 0 heterocycles. The number of nitrogens with two attached hydrogens (primary N) is 1. The summed E-state index contributed by atoms with van der Waals surface area (Å²) in [7, 11) is -0.347. The van der Waals surface area contributed by atoms with Crippen molar-refractivity contribution in [2.75, 3.05) is 25.4 Å². The predicted octanol–water partition coefficient (Wildman–Crippen LogP) is 5.57. The number of hydrogen-bond acceptors (Lipinski definition) is 0. The fraction of sp³-hybridized carbons (Fsp3) is 0.200. The van der Waals surface area contributed by atoms with Gasteiger partial charge in [0, 0.05) is 12.3 Å². The van der Waals surface area contributed by atoms with E-state index in [1.54, 1.807) is 0 Å². The lowest BCUT2D eigenvalue weighted by Gasteiger charge is -2.19. The van der Waals surface area contributed by atoms with Crippen molar-refractivity contribution in [3.05, 3.63) is 132 Å². The van der Waals surface area contributed by atoms with Gasteiger partial charge in [0.15, 0.2) is 0 Å². The van der Waals surface area contributed by atoms with Crippen LogP contribution >= 0.6 is 15.8 Å². The van der Waals surface area contributed by atoms with Gasteiger partial charge in [-0.05, 0) is 34.1 Å². The Hall–Kier alpha value is -2.30. The number of hydrogen-bond donors (Lipinski definition) is 1. The van der Waals surface area contributed by atoms with Crippen LogP contribution < -0.4 is 15.9 Å². The highest BCUT2D eigenvalue weighted by Crippen LogP contribution is 2.39. The fourth-order valence-electron chi connectivity index (χ4n) is 4.12. The first-order valence-corrected chi connectivity index (χ1v) is 15.3. The molecule has 0 aliphatic rings. The van der Waals surface area contributed by atoms with Gasteiger partial charge in [0.1, 0.15) is 0 Å². The number of quaternary nitrogens is 1. The van der Waals surface area contributed by atoms with Gasteiger partial charge < -0.3 is 5.32 Å². The van der Waals surface area contributed by atoms with Crippen LogP contribution in [0.3, 0.4) is 0 Å². The Morgan fingerprint density at radius 1 is 0.424 bits per heavy atom. The van der Waals surface area contributed by atoms with Crippen molar-refractivity contribution in [3.63, 3.8) is 0 Å². The van der Waals surface area contributed by atoms with Gasteiger partial charge in [0.05, 0.1) is 13.1 Å². The van der Waals surface area contributed by atoms with E-state index in [1.807, 2.05) is 0 Å². The molecule has 0 aliphatic carbocycles. The molecule has 4 aromatic rings. The summed E-state index contributed by atoms with van der Waals surface area (Å²) in [6, 6.07) is 44.3. The highest BCUT2D eigenvalue weighted by atomic mass is 31.1. The summed E-state index contributed by atoms with van der Waals surface area (Å²) in [6.07, 6.45) is 4.91. The van der Waals surface area contributed by atoms with Gasteiger partial charge in [-0.25, -0.2) is 0 Å². The molecular weight excluding hydrogens is 436 g/mol. The highest BCUT2D eigenvalue weighted by molar-refractivity contribution is 7.65. The average Bonchev–Trinajstić information content (AvgIpc) is 2.89. The van der Waals surface area contributed by atoms with Crippen LogP contribution in [0.5, 0.6) is 0 Å². The van der Waals surface area contributed by atoms with E-state index in [2.05, 4.69) is 127 Å². The summed E-state index contributed by atoms with van der Waals surface area (Å²) in [6.45, 7) is 2.41. The number of rotatable bonds is 12. The van der Waals surface area contributed by atoms with Gasteiger partial charge in [-0.1, -0.05) is 137 Å². The Balaban J connectivity index is 1.32. The first-order valence-electron chi connectivity index (χ1n) is 11.9. The summed E-state index contributed by atoms with van der Waals surface area (Å²) in [5, 5.41) is 5.62. The van der Waals surface area contributed by atoms with Crippen molar-refractivity contribution < 1.29 is 5.32 Å². The van der Waals surface area contributed by atoms with Crippen molar-refractivity contribution in [1.29, 1.82) is 0 Å². The maximum Gasteiger partial charge on any atom is 0.0798 e. The lowest BCUT2D eigenvalue weighted by molar-refractivity contribution is -0.646. The van der Waals surface area contributed by atoms with Crippen molar-refractivity contribution >= 4 is 26.5 Å². The maximum absolute atomic E-state index is 2.56.